The van der Waals surface area contributed by atoms with Gasteiger partial charge < -0.3 is 9.64 Å². The number of hydrogen-bond acceptors (Lipinski definition) is 4. The molecule has 2 aliphatic carbocycles. The predicted octanol–water partition coefficient (Wildman–Crippen LogP) is 1.19. The Balaban J connectivity index is 1.73. The van der Waals surface area contributed by atoms with E-state index in [1.807, 2.05) is 14.0 Å². The molecule has 6 heteroatoms. The van der Waals surface area contributed by atoms with Gasteiger partial charge in [-0.2, -0.15) is 5.10 Å². The van der Waals surface area contributed by atoms with Gasteiger partial charge in [-0.15, -0.1) is 0 Å². The lowest BCUT2D eigenvalue weighted by molar-refractivity contribution is -0.192. The number of H-pyrrole nitrogens is 1. The van der Waals surface area contributed by atoms with Crippen LogP contribution in [0.1, 0.15) is 43.1 Å². The van der Waals surface area contributed by atoms with E-state index in [0.29, 0.717) is 0 Å². The molecule has 1 heterocycles. The molecule has 114 valence electrons. The molecule has 0 unspecified atom stereocenters. The van der Waals surface area contributed by atoms with Crippen LogP contribution in [0.4, 0.5) is 0 Å². The van der Waals surface area contributed by atoms with Crippen LogP contribution in [-0.2, 0) is 4.74 Å². The van der Waals surface area contributed by atoms with Crippen LogP contribution in [0.15, 0.2) is 16.9 Å². The Morgan fingerprint density at radius 3 is 2.81 bits per heavy atom. The van der Waals surface area contributed by atoms with Gasteiger partial charge in [0.05, 0.1) is 6.10 Å². The van der Waals surface area contributed by atoms with Crippen LogP contribution in [0.3, 0.4) is 0 Å². The lowest BCUT2D eigenvalue weighted by Crippen LogP contribution is -2.67. The van der Waals surface area contributed by atoms with E-state index in [4.69, 9.17) is 4.74 Å². The van der Waals surface area contributed by atoms with Crippen LogP contribution in [0.5, 0.6) is 0 Å². The van der Waals surface area contributed by atoms with Crippen LogP contribution in [-0.4, -0.2) is 46.8 Å². The average Bonchev–Trinajstić information content (AvgIpc) is 2.41. The molecule has 0 radical (unpaired) electrons. The summed E-state index contributed by atoms with van der Waals surface area (Å²) in [5.74, 6) is -0.141. The van der Waals surface area contributed by atoms with Gasteiger partial charge in [0, 0.05) is 31.2 Å². The second kappa shape index (κ2) is 5.26. The van der Waals surface area contributed by atoms with E-state index in [-0.39, 0.29) is 34.7 Å². The number of carbonyl (C=O) groups excluding carboxylic acids is 1. The van der Waals surface area contributed by atoms with E-state index in [1.54, 1.807) is 4.90 Å². The molecule has 0 aliphatic heterocycles. The van der Waals surface area contributed by atoms with Crippen LogP contribution in [0, 0.1) is 5.41 Å². The van der Waals surface area contributed by atoms with Crippen molar-refractivity contribution in [3.63, 3.8) is 0 Å². The maximum atomic E-state index is 12.5. The summed E-state index contributed by atoms with van der Waals surface area (Å²) >= 11 is 0. The van der Waals surface area contributed by atoms with Crippen LogP contribution >= 0.6 is 0 Å². The van der Waals surface area contributed by atoms with Gasteiger partial charge in [0.15, 0.2) is 0 Å². The van der Waals surface area contributed by atoms with Crippen LogP contribution < -0.4 is 5.56 Å². The standard InChI is InChI=1S/C15H21N3O3/c1-3-21-12-9-11(15(12)7-4-8-15)18(2)14(20)10-5-6-13(19)17-16-10/h5-6,11-12H,3-4,7-9H2,1-2H3,(H,17,19)/t11-,12+/m1/s1. The zero-order chi connectivity index (χ0) is 15.0. The van der Waals surface area contributed by atoms with Crippen LogP contribution in [0.2, 0.25) is 0 Å². The predicted molar refractivity (Wildman–Crippen MR) is 77.1 cm³/mol. The van der Waals surface area contributed by atoms with Gasteiger partial charge >= 0.3 is 0 Å². The number of ether oxygens (including phenoxy) is 1. The lowest BCUT2D eigenvalue weighted by Gasteiger charge is -2.63. The molecule has 6 nitrogen and oxygen atoms in total. The van der Waals surface area contributed by atoms with Crippen molar-refractivity contribution in [1.82, 2.24) is 15.1 Å². The normalized spacial score (nSPS) is 26.0. The first kappa shape index (κ1) is 14.3. The smallest absolute Gasteiger partial charge is 0.274 e. The number of nitrogens with one attached hydrogen (secondary N) is 1. The Morgan fingerprint density at radius 1 is 1.52 bits per heavy atom. The third-order valence-electron chi connectivity index (χ3n) is 5.08. The minimum absolute atomic E-state index is 0.141. The molecule has 1 N–H and O–H groups in total. The van der Waals surface area contributed by atoms with E-state index in [1.165, 1.54) is 18.6 Å². The van der Waals surface area contributed by atoms with Crippen molar-refractivity contribution in [1.29, 1.82) is 0 Å². The number of amides is 1. The van der Waals surface area contributed by atoms with Gasteiger partial charge in [0.1, 0.15) is 5.69 Å². The Hall–Kier alpha value is -1.69. The molecule has 0 saturated heterocycles. The first-order valence-corrected chi connectivity index (χ1v) is 7.53. The number of hydrogen-bond donors (Lipinski definition) is 1. The largest absolute Gasteiger partial charge is 0.378 e. The van der Waals surface area contributed by atoms with Crippen molar-refractivity contribution in [2.75, 3.05) is 13.7 Å². The van der Waals surface area contributed by atoms with E-state index in [9.17, 15) is 9.59 Å². The highest BCUT2D eigenvalue weighted by atomic mass is 16.5. The molecule has 3 rings (SSSR count). The van der Waals surface area contributed by atoms with E-state index >= 15 is 0 Å². The second-order valence-corrected chi connectivity index (χ2v) is 6.00. The number of carbonyl (C=O) groups is 1. The van der Waals surface area contributed by atoms with E-state index < -0.39 is 0 Å². The highest BCUT2D eigenvalue weighted by Gasteiger charge is 2.60. The maximum Gasteiger partial charge on any atom is 0.274 e. The monoisotopic (exact) mass is 291 g/mol. The lowest BCUT2D eigenvalue weighted by atomic mass is 9.50. The molecule has 0 aromatic carbocycles. The van der Waals surface area contributed by atoms with Gasteiger partial charge in [0.25, 0.3) is 11.5 Å². The second-order valence-electron chi connectivity index (χ2n) is 6.00. The van der Waals surface area contributed by atoms with Crippen molar-refractivity contribution >= 4 is 5.91 Å². The fraction of sp³-hybridized carbons (Fsp3) is 0.667. The van der Waals surface area contributed by atoms with Gasteiger partial charge in [-0.1, -0.05) is 6.42 Å². The summed E-state index contributed by atoms with van der Waals surface area (Å²) < 4.78 is 5.82. The van der Waals surface area contributed by atoms with Gasteiger partial charge in [-0.25, -0.2) is 5.10 Å². The van der Waals surface area contributed by atoms with Crippen molar-refractivity contribution in [3.05, 3.63) is 28.2 Å². The Labute approximate surface area is 123 Å². The summed E-state index contributed by atoms with van der Waals surface area (Å²) in [6, 6.07) is 3.02. The molecule has 0 bridgehead atoms. The SMILES string of the molecule is CCO[C@H]1C[C@@H](N(C)C(=O)c2ccc(=O)[nH]n2)C12CCC2. The molecule has 1 aromatic heterocycles. The zero-order valence-corrected chi connectivity index (χ0v) is 12.5. The molecule has 1 spiro atoms. The Morgan fingerprint density at radius 2 is 2.29 bits per heavy atom. The van der Waals surface area contributed by atoms with Crippen molar-refractivity contribution < 1.29 is 9.53 Å². The third-order valence-corrected chi connectivity index (χ3v) is 5.08. The summed E-state index contributed by atoms with van der Waals surface area (Å²) in [5, 5.41) is 6.14. The molecular formula is C15H21N3O3. The Kier molecular flexibility index (Phi) is 3.57. The van der Waals surface area contributed by atoms with Gasteiger partial charge in [-0.05, 0) is 32.3 Å². The summed E-state index contributed by atoms with van der Waals surface area (Å²) in [7, 11) is 1.82. The zero-order valence-electron chi connectivity index (χ0n) is 12.5. The first-order valence-electron chi connectivity index (χ1n) is 7.53. The summed E-state index contributed by atoms with van der Waals surface area (Å²) in [6.45, 7) is 2.73. The first-order chi connectivity index (χ1) is 10.1. The quantitative estimate of drug-likeness (QED) is 0.904. The fourth-order valence-electron chi connectivity index (χ4n) is 3.73. The molecule has 1 aromatic rings. The Bertz CT molecular complexity index is 574. The maximum absolute atomic E-state index is 12.5. The summed E-state index contributed by atoms with van der Waals surface area (Å²) in [4.78, 5) is 25.3. The fourth-order valence-corrected chi connectivity index (χ4v) is 3.73. The van der Waals surface area contributed by atoms with E-state index in [0.717, 1.165) is 25.9 Å². The highest BCUT2D eigenvalue weighted by molar-refractivity contribution is 5.92. The number of aromatic nitrogens is 2. The summed E-state index contributed by atoms with van der Waals surface area (Å²) in [6.07, 6.45) is 4.62. The summed E-state index contributed by atoms with van der Waals surface area (Å²) in [5.41, 5.74) is 0.124. The minimum Gasteiger partial charge on any atom is -0.378 e. The molecule has 2 fully saturated rings. The molecule has 2 saturated carbocycles. The molecule has 1 amide bonds. The molecular weight excluding hydrogens is 270 g/mol. The highest BCUT2D eigenvalue weighted by Crippen LogP contribution is 2.58. The molecule has 21 heavy (non-hydrogen) atoms. The molecule has 2 atom stereocenters. The number of rotatable bonds is 4. The van der Waals surface area contributed by atoms with Crippen molar-refractivity contribution in [2.45, 2.75) is 44.8 Å². The topological polar surface area (TPSA) is 75.3 Å². The van der Waals surface area contributed by atoms with Crippen molar-refractivity contribution in [2.24, 2.45) is 5.41 Å². The average molecular weight is 291 g/mol. The third kappa shape index (κ3) is 2.18. The van der Waals surface area contributed by atoms with Gasteiger partial charge in [0.2, 0.25) is 0 Å². The van der Waals surface area contributed by atoms with Crippen molar-refractivity contribution in [3.8, 4) is 0 Å². The van der Waals surface area contributed by atoms with Gasteiger partial charge in [-0.3, -0.25) is 9.59 Å². The van der Waals surface area contributed by atoms with Crippen LogP contribution in [0.25, 0.3) is 0 Å². The number of nitrogens with zero attached hydrogens (tertiary/aromatic N) is 2. The minimum atomic E-state index is -0.301. The molecule has 2 aliphatic rings. The van der Waals surface area contributed by atoms with E-state index in [2.05, 4.69) is 10.2 Å². The number of aromatic amines is 1.